The van der Waals surface area contributed by atoms with Gasteiger partial charge in [-0.1, -0.05) is 11.8 Å². The van der Waals surface area contributed by atoms with Crippen LogP contribution in [0.2, 0.25) is 0 Å². The highest BCUT2D eigenvalue weighted by Gasteiger charge is 2.51. The average Bonchev–Trinajstić information content (AvgIpc) is 2.64. The van der Waals surface area contributed by atoms with Crippen molar-refractivity contribution in [3.05, 3.63) is 17.2 Å². The normalized spacial score (nSPS) is 29.0. The predicted molar refractivity (Wildman–Crippen MR) is 106 cm³/mol. The lowest BCUT2D eigenvalue weighted by Gasteiger charge is -2.56. The van der Waals surface area contributed by atoms with Crippen molar-refractivity contribution in [1.29, 1.82) is 10.5 Å². The van der Waals surface area contributed by atoms with Gasteiger partial charge in [-0.15, -0.1) is 0 Å². The monoisotopic (exact) mass is 410 g/mol. The van der Waals surface area contributed by atoms with Gasteiger partial charge in [0.05, 0.1) is 16.9 Å². The molecule has 0 unspecified atom stereocenters. The predicted octanol–water partition coefficient (Wildman–Crippen LogP) is 2.29. The van der Waals surface area contributed by atoms with Crippen LogP contribution in [0.1, 0.15) is 49.7 Å². The van der Waals surface area contributed by atoms with Crippen LogP contribution in [-0.2, 0) is 4.79 Å². The fraction of sp³-hybridized carbons (Fsp3) is 0.550. The van der Waals surface area contributed by atoms with E-state index >= 15 is 0 Å². The molecular weight excluding hydrogens is 388 g/mol. The van der Waals surface area contributed by atoms with Crippen molar-refractivity contribution in [3.8, 4) is 12.1 Å². The number of nitrogens with zero attached hydrogens (tertiary/aromatic N) is 3. The van der Waals surface area contributed by atoms with Gasteiger partial charge >= 0.3 is 6.03 Å². The van der Waals surface area contributed by atoms with E-state index in [1.165, 1.54) is 25.3 Å². The zero-order chi connectivity index (χ0) is 20.6. The smallest absolute Gasteiger partial charge is 0.321 e. The first-order chi connectivity index (χ1) is 13.9. The summed E-state index contributed by atoms with van der Waals surface area (Å²) in [5.41, 5.74) is 5.81. The van der Waals surface area contributed by atoms with Crippen LogP contribution >= 0.6 is 11.8 Å². The molecule has 29 heavy (non-hydrogen) atoms. The number of thioether (sulfide) groups is 1. The molecule has 0 aromatic carbocycles. The van der Waals surface area contributed by atoms with Crippen LogP contribution in [0.25, 0.3) is 0 Å². The number of nitrogen functional groups attached to an aromatic ring is 1. The number of imide groups is 1. The summed E-state index contributed by atoms with van der Waals surface area (Å²) in [6, 6.07) is 4.71. The first kappa shape index (κ1) is 19.5. The number of hydrogen-bond acceptors (Lipinski definition) is 7. The molecule has 150 valence electrons. The molecule has 4 aliphatic carbocycles. The molecule has 1 aromatic heterocycles. The van der Waals surface area contributed by atoms with Crippen LogP contribution in [0, 0.1) is 40.4 Å². The molecule has 9 heteroatoms. The summed E-state index contributed by atoms with van der Waals surface area (Å²) in [5, 5.41) is 23.9. The van der Waals surface area contributed by atoms with Gasteiger partial charge in [0.25, 0.3) is 0 Å². The van der Waals surface area contributed by atoms with E-state index in [1.54, 1.807) is 0 Å². The molecule has 4 N–H and O–H groups in total. The third kappa shape index (κ3) is 4.01. The first-order valence-corrected chi connectivity index (χ1v) is 10.7. The van der Waals surface area contributed by atoms with Gasteiger partial charge < -0.3 is 11.1 Å². The Balaban J connectivity index is 1.33. The van der Waals surface area contributed by atoms with Gasteiger partial charge in [-0.2, -0.15) is 10.5 Å². The zero-order valence-corrected chi connectivity index (χ0v) is 16.7. The number of nitrogens with two attached hydrogens (primary N) is 1. The maximum atomic E-state index is 12.4. The van der Waals surface area contributed by atoms with Crippen LogP contribution in [0.5, 0.6) is 0 Å². The molecule has 8 nitrogen and oxygen atoms in total. The maximum absolute atomic E-state index is 12.4. The Morgan fingerprint density at radius 2 is 1.72 bits per heavy atom. The Kier molecular flexibility index (Phi) is 5.10. The second-order valence-corrected chi connectivity index (χ2v) is 9.45. The Morgan fingerprint density at radius 1 is 1.14 bits per heavy atom. The highest BCUT2D eigenvalue weighted by Crippen LogP contribution is 2.55. The average molecular weight is 411 g/mol. The molecule has 0 radical (unpaired) electrons. The first-order valence-electron chi connectivity index (χ1n) is 9.75. The molecule has 4 fully saturated rings. The Morgan fingerprint density at radius 3 is 2.28 bits per heavy atom. The number of urea groups is 1. The van der Waals surface area contributed by atoms with E-state index in [9.17, 15) is 14.9 Å². The van der Waals surface area contributed by atoms with E-state index in [-0.39, 0.29) is 33.3 Å². The van der Waals surface area contributed by atoms with Gasteiger partial charge in [0, 0.05) is 5.54 Å². The Labute approximate surface area is 173 Å². The van der Waals surface area contributed by atoms with Crippen molar-refractivity contribution in [3.63, 3.8) is 0 Å². The summed E-state index contributed by atoms with van der Waals surface area (Å²) >= 11 is 1.01. The summed E-state index contributed by atoms with van der Waals surface area (Å²) in [4.78, 5) is 28.7. The number of nitriles is 2. The van der Waals surface area contributed by atoms with Crippen LogP contribution in [0.15, 0.2) is 11.1 Å². The lowest BCUT2D eigenvalue weighted by Crippen LogP contribution is -2.61. The summed E-state index contributed by atoms with van der Waals surface area (Å²) in [5.74, 6) is 1.56. The van der Waals surface area contributed by atoms with Gasteiger partial charge in [0.1, 0.15) is 23.0 Å². The van der Waals surface area contributed by atoms with Gasteiger partial charge in [0.15, 0.2) is 0 Å². The van der Waals surface area contributed by atoms with Crippen LogP contribution in [0.3, 0.4) is 0 Å². The molecule has 1 heterocycles. The van der Waals surface area contributed by atoms with Crippen molar-refractivity contribution in [2.45, 2.75) is 49.1 Å². The molecular formula is C20H22N6O2S. The maximum Gasteiger partial charge on any atom is 0.321 e. The third-order valence-electron chi connectivity index (χ3n) is 6.27. The van der Waals surface area contributed by atoms with E-state index in [0.29, 0.717) is 17.8 Å². The summed E-state index contributed by atoms with van der Waals surface area (Å²) < 4.78 is 0. The molecule has 3 amide bonds. The number of carbonyl (C=O) groups excluding carboxylic acids is 2. The quantitative estimate of drug-likeness (QED) is 0.646. The fourth-order valence-electron chi connectivity index (χ4n) is 5.62. The van der Waals surface area contributed by atoms with Crippen molar-refractivity contribution in [1.82, 2.24) is 15.6 Å². The number of anilines is 1. The highest BCUT2D eigenvalue weighted by atomic mass is 32.2. The minimum absolute atomic E-state index is 0.00830. The van der Waals surface area contributed by atoms with Crippen molar-refractivity contribution >= 4 is 29.5 Å². The van der Waals surface area contributed by atoms with Crippen molar-refractivity contribution in [2.24, 2.45) is 17.8 Å². The lowest BCUT2D eigenvalue weighted by atomic mass is 9.53. The number of carbonyl (C=O) groups is 2. The van der Waals surface area contributed by atoms with Gasteiger partial charge in [-0.25, -0.2) is 9.78 Å². The second-order valence-electron chi connectivity index (χ2n) is 8.49. The number of aromatic nitrogens is 1. The Hall–Kier alpha value is -2.78. The largest absolute Gasteiger partial charge is 0.383 e. The molecule has 5 rings (SSSR count). The van der Waals surface area contributed by atoms with E-state index < -0.39 is 11.9 Å². The van der Waals surface area contributed by atoms with E-state index in [2.05, 4.69) is 15.6 Å². The third-order valence-corrected chi connectivity index (χ3v) is 7.26. The van der Waals surface area contributed by atoms with Crippen molar-refractivity contribution in [2.75, 3.05) is 11.5 Å². The topological polar surface area (TPSA) is 145 Å². The molecule has 0 saturated heterocycles. The standard InChI is InChI=1S/C20H22N6O2S/c21-8-14-4-15(9-22)18(25-17(14)23)29-10-16(27)24-19(28)26-20-5-11-1-12(6-20)3-13(2-11)7-20/h4,11-13H,1-3,5-7,10H2,(H2,23,25)(H2,24,26,27,28). The SMILES string of the molecule is N#Cc1cc(C#N)c(SCC(=O)NC(=O)NC23CC4CC(CC(C4)C2)C3)nc1N. The number of rotatable bonds is 4. The molecule has 0 atom stereocenters. The summed E-state index contributed by atoms with van der Waals surface area (Å²) in [7, 11) is 0. The second kappa shape index (κ2) is 7.57. The number of hydrogen-bond donors (Lipinski definition) is 3. The van der Waals surface area contributed by atoms with Crippen LogP contribution in [-0.4, -0.2) is 28.2 Å². The Bertz CT molecular complexity index is 912. The summed E-state index contributed by atoms with van der Waals surface area (Å²) in [6.07, 6.45) is 6.86. The minimum atomic E-state index is -0.467. The number of pyridine rings is 1. The van der Waals surface area contributed by atoms with Crippen molar-refractivity contribution < 1.29 is 9.59 Å². The molecule has 1 aromatic rings. The van der Waals surface area contributed by atoms with Gasteiger partial charge in [-0.05, 0) is 62.3 Å². The number of nitrogens with one attached hydrogen (secondary N) is 2. The molecule has 4 aliphatic rings. The zero-order valence-electron chi connectivity index (χ0n) is 15.9. The number of amides is 3. The minimum Gasteiger partial charge on any atom is -0.383 e. The van der Waals surface area contributed by atoms with E-state index in [0.717, 1.165) is 31.0 Å². The van der Waals surface area contributed by atoms with Crippen LogP contribution < -0.4 is 16.4 Å². The molecule has 0 aliphatic heterocycles. The van der Waals surface area contributed by atoms with Gasteiger partial charge in [-0.3, -0.25) is 10.1 Å². The molecule has 0 spiro atoms. The summed E-state index contributed by atoms with van der Waals surface area (Å²) in [6.45, 7) is 0. The molecule has 4 bridgehead atoms. The fourth-order valence-corrected chi connectivity index (χ4v) is 6.38. The van der Waals surface area contributed by atoms with E-state index in [1.807, 2.05) is 12.1 Å². The molecule has 4 saturated carbocycles. The van der Waals surface area contributed by atoms with Gasteiger partial charge in [0.2, 0.25) is 5.91 Å². The lowest BCUT2D eigenvalue weighted by molar-refractivity contribution is -0.117. The van der Waals surface area contributed by atoms with Crippen LogP contribution in [0.4, 0.5) is 10.6 Å². The highest BCUT2D eigenvalue weighted by molar-refractivity contribution is 8.00. The van der Waals surface area contributed by atoms with E-state index in [4.69, 9.17) is 11.0 Å².